The fourth-order valence-corrected chi connectivity index (χ4v) is 2.72. The number of sulfonamides is 1. The van der Waals surface area contributed by atoms with Crippen LogP contribution in [0.5, 0.6) is 5.75 Å². The smallest absolute Gasteiger partial charge is 0.251 e. The van der Waals surface area contributed by atoms with Gasteiger partial charge in [0, 0.05) is 11.3 Å². The number of carbonyl (C=O) groups excluding carboxylic acids is 1. The Morgan fingerprint density at radius 1 is 1.04 bits per heavy atom. The van der Waals surface area contributed by atoms with Gasteiger partial charge in [0.15, 0.2) is 0 Å². The monoisotopic (exact) mass is 362 g/mol. The third-order valence-corrected chi connectivity index (χ3v) is 4.04. The molecular formula is C18H22N2O4S. The number of amides is 1. The van der Waals surface area contributed by atoms with Crippen LogP contribution in [-0.4, -0.2) is 33.7 Å². The fraction of sp³-hybridized carbons (Fsp3) is 0.278. The van der Waals surface area contributed by atoms with Crippen molar-refractivity contribution in [3.63, 3.8) is 0 Å². The summed E-state index contributed by atoms with van der Waals surface area (Å²) in [6.45, 7) is 2.83. The number of benzene rings is 2. The van der Waals surface area contributed by atoms with E-state index in [9.17, 15) is 13.2 Å². The third-order valence-electron chi connectivity index (χ3n) is 3.44. The maximum Gasteiger partial charge on any atom is 0.251 e. The second kappa shape index (κ2) is 8.53. The summed E-state index contributed by atoms with van der Waals surface area (Å²) in [5, 5.41) is 2.76. The van der Waals surface area contributed by atoms with Gasteiger partial charge >= 0.3 is 0 Å². The molecule has 1 amide bonds. The maximum atomic E-state index is 12.0. The van der Waals surface area contributed by atoms with E-state index < -0.39 is 10.0 Å². The first-order valence-corrected chi connectivity index (χ1v) is 9.84. The molecule has 0 spiro atoms. The molecule has 0 bridgehead atoms. The van der Waals surface area contributed by atoms with Crippen molar-refractivity contribution in [1.82, 2.24) is 5.32 Å². The molecule has 2 N–H and O–H groups in total. The van der Waals surface area contributed by atoms with Gasteiger partial charge < -0.3 is 10.1 Å². The van der Waals surface area contributed by atoms with Crippen LogP contribution in [0.15, 0.2) is 48.5 Å². The van der Waals surface area contributed by atoms with E-state index >= 15 is 0 Å². The Hall–Kier alpha value is -2.54. The number of rotatable bonds is 8. The zero-order valence-electron chi connectivity index (χ0n) is 14.3. The van der Waals surface area contributed by atoms with Gasteiger partial charge in [-0.05, 0) is 48.4 Å². The second-order valence-corrected chi connectivity index (χ2v) is 7.30. The SMILES string of the molecule is CCc1ccc(OCCNC(=O)c2ccc(NS(C)(=O)=O)cc2)cc1. The zero-order valence-corrected chi connectivity index (χ0v) is 15.1. The summed E-state index contributed by atoms with van der Waals surface area (Å²) in [6.07, 6.45) is 2.05. The predicted octanol–water partition coefficient (Wildman–Crippen LogP) is 2.43. The summed E-state index contributed by atoms with van der Waals surface area (Å²) < 4.78 is 30.2. The van der Waals surface area contributed by atoms with E-state index in [1.54, 1.807) is 24.3 Å². The lowest BCUT2D eigenvalue weighted by Gasteiger charge is -2.09. The topological polar surface area (TPSA) is 84.5 Å². The van der Waals surface area contributed by atoms with Crippen LogP contribution in [0.3, 0.4) is 0 Å². The molecule has 2 aromatic rings. The third kappa shape index (κ3) is 6.46. The lowest BCUT2D eigenvalue weighted by atomic mass is 10.2. The number of nitrogens with one attached hydrogen (secondary N) is 2. The van der Waals surface area contributed by atoms with Crippen LogP contribution in [0, 0.1) is 0 Å². The van der Waals surface area contributed by atoms with Crippen molar-refractivity contribution in [2.45, 2.75) is 13.3 Å². The van der Waals surface area contributed by atoms with Gasteiger partial charge in [-0.2, -0.15) is 0 Å². The molecule has 0 saturated carbocycles. The summed E-state index contributed by atoms with van der Waals surface area (Å²) in [6, 6.07) is 14.1. The van der Waals surface area contributed by atoms with Crippen molar-refractivity contribution in [3.8, 4) is 5.75 Å². The fourth-order valence-electron chi connectivity index (χ4n) is 2.16. The normalized spacial score (nSPS) is 11.0. The Morgan fingerprint density at radius 2 is 1.68 bits per heavy atom. The van der Waals surface area contributed by atoms with Gasteiger partial charge in [-0.15, -0.1) is 0 Å². The largest absolute Gasteiger partial charge is 0.492 e. The molecule has 2 aromatic carbocycles. The molecule has 7 heteroatoms. The van der Waals surface area contributed by atoms with Crippen LogP contribution < -0.4 is 14.8 Å². The molecule has 0 fully saturated rings. The van der Waals surface area contributed by atoms with Crippen LogP contribution in [0.2, 0.25) is 0 Å². The summed E-state index contributed by atoms with van der Waals surface area (Å²) in [7, 11) is -3.33. The van der Waals surface area contributed by atoms with Crippen molar-refractivity contribution in [2.75, 3.05) is 24.1 Å². The Labute approximate surface area is 148 Å². The highest BCUT2D eigenvalue weighted by molar-refractivity contribution is 7.92. The van der Waals surface area contributed by atoms with E-state index in [4.69, 9.17) is 4.74 Å². The molecule has 25 heavy (non-hydrogen) atoms. The Balaban J connectivity index is 1.77. The highest BCUT2D eigenvalue weighted by Gasteiger charge is 2.06. The number of ether oxygens (including phenoxy) is 1. The van der Waals surface area contributed by atoms with Crippen molar-refractivity contribution < 1.29 is 17.9 Å². The lowest BCUT2D eigenvalue weighted by molar-refractivity contribution is 0.0947. The van der Waals surface area contributed by atoms with Crippen LogP contribution in [0.1, 0.15) is 22.8 Å². The van der Waals surface area contributed by atoms with Crippen molar-refractivity contribution >= 4 is 21.6 Å². The Morgan fingerprint density at radius 3 is 2.24 bits per heavy atom. The molecule has 0 aliphatic heterocycles. The molecular weight excluding hydrogens is 340 g/mol. The molecule has 0 saturated heterocycles. The highest BCUT2D eigenvalue weighted by atomic mass is 32.2. The second-order valence-electron chi connectivity index (χ2n) is 5.55. The maximum absolute atomic E-state index is 12.0. The van der Waals surface area contributed by atoms with Crippen molar-refractivity contribution in [2.24, 2.45) is 0 Å². The molecule has 0 atom stereocenters. The molecule has 0 aliphatic rings. The molecule has 2 rings (SSSR count). The van der Waals surface area contributed by atoms with Crippen LogP contribution in [0.25, 0.3) is 0 Å². The standard InChI is InChI=1S/C18H22N2O4S/c1-3-14-4-10-17(11-5-14)24-13-12-19-18(21)15-6-8-16(9-7-15)20-25(2,22)23/h4-11,20H,3,12-13H2,1-2H3,(H,19,21). The molecule has 0 unspecified atom stereocenters. The summed E-state index contributed by atoms with van der Waals surface area (Å²) in [5.41, 5.74) is 2.11. The van der Waals surface area contributed by atoms with Gasteiger partial charge in [-0.25, -0.2) is 8.42 Å². The highest BCUT2D eigenvalue weighted by Crippen LogP contribution is 2.12. The number of aryl methyl sites for hydroxylation is 1. The Kier molecular flexibility index (Phi) is 6.41. The minimum atomic E-state index is -3.33. The first kappa shape index (κ1) is 18.8. The van der Waals surface area contributed by atoms with Gasteiger partial charge in [0.25, 0.3) is 5.91 Å². The number of hydrogen-bond acceptors (Lipinski definition) is 4. The average molecular weight is 362 g/mol. The Bertz CT molecular complexity index is 800. The van der Waals surface area contributed by atoms with Crippen molar-refractivity contribution in [1.29, 1.82) is 0 Å². The van der Waals surface area contributed by atoms with Gasteiger partial charge in [0.2, 0.25) is 10.0 Å². The van der Waals surface area contributed by atoms with E-state index in [1.807, 2.05) is 24.3 Å². The van der Waals surface area contributed by atoms with E-state index in [0.29, 0.717) is 24.4 Å². The van der Waals surface area contributed by atoms with Gasteiger partial charge in [0.1, 0.15) is 12.4 Å². The summed E-state index contributed by atoms with van der Waals surface area (Å²) in [4.78, 5) is 12.0. The summed E-state index contributed by atoms with van der Waals surface area (Å²) in [5.74, 6) is 0.526. The van der Waals surface area contributed by atoms with Gasteiger partial charge in [-0.1, -0.05) is 19.1 Å². The van der Waals surface area contributed by atoms with Gasteiger partial charge in [0.05, 0.1) is 12.8 Å². The van der Waals surface area contributed by atoms with Crippen LogP contribution in [-0.2, 0) is 16.4 Å². The molecule has 0 aromatic heterocycles. The lowest BCUT2D eigenvalue weighted by Crippen LogP contribution is -2.28. The van der Waals surface area contributed by atoms with E-state index in [0.717, 1.165) is 18.4 Å². The van der Waals surface area contributed by atoms with Crippen molar-refractivity contribution in [3.05, 3.63) is 59.7 Å². The van der Waals surface area contributed by atoms with Crippen LogP contribution in [0.4, 0.5) is 5.69 Å². The minimum Gasteiger partial charge on any atom is -0.492 e. The van der Waals surface area contributed by atoms with Crippen LogP contribution >= 0.6 is 0 Å². The minimum absolute atomic E-state index is 0.240. The first-order valence-electron chi connectivity index (χ1n) is 7.95. The molecule has 0 aliphatic carbocycles. The first-order chi connectivity index (χ1) is 11.9. The van der Waals surface area contributed by atoms with Gasteiger partial charge in [-0.3, -0.25) is 9.52 Å². The predicted molar refractivity (Wildman–Crippen MR) is 98.6 cm³/mol. The van der Waals surface area contributed by atoms with E-state index in [-0.39, 0.29) is 5.91 Å². The molecule has 134 valence electrons. The van der Waals surface area contributed by atoms with E-state index in [1.165, 1.54) is 5.56 Å². The number of hydrogen-bond donors (Lipinski definition) is 2. The number of anilines is 1. The van der Waals surface area contributed by atoms with E-state index in [2.05, 4.69) is 17.0 Å². The number of carbonyl (C=O) groups is 1. The summed E-state index contributed by atoms with van der Waals surface area (Å²) >= 11 is 0. The quantitative estimate of drug-likeness (QED) is 0.707. The molecule has 6 nitrogen and oxygen atoms in total. The zero-order chi connectivity index (χ0) is 18.3. The molecule has 0 radical (unpaired) electrons. The molecule has 0 heterocycles. The average Bonchev–Trinajstić information content (AvgIpc) is 2.58.